The van der Waals surface area contributed by atoms with Crippen LogP contribution in [-0.4, -0.2) is 30.6 Å². The van der Waals surface area contributed by atoms with Crippen molar-refractivity contribution in [2.45, 2.75) is 26.2 Å². The summed E-state index contributed by atoms with van der Waals surface area (Å²) in [6, 6.07) is 5.56. The van der Waals surface area contributed by atoms with Crippen molar-refractivity contribution in [2.24, 2.45) is 5.10 Å². The number of anilines is 1. The molecule has 28 heavy (non-hydrogen) atoms. The number of esters is 1. The van der Waals surface area contributed by atoms with Gasteiger partial charge in [0.1, 0.15) is 10.8 Å². The second-order valence-electron chi connectivity index (χ2n) is 6.15. The number of aryl methyl sites for hydroxylation is 1. The maximum Gasteiger partial charge on any atom is 0.341 e. The van der Waals surface area contributed by atoms with Gasteiger partial charge in [0.15, 0.2) is 0 Å². The van der Waals surface area contributed by atoms with Crippen LogP contribution >= 0.6 is 11.3 Å². The summed E-state index contributed by atoms with van der Waals surface area (Å²) in [5.74, 6) is -2.85. The van der Waals surface area contributed by atoms with E-state index in [1.54, 1.807) is 6.92 Å². The number of amides is 2. The number of nitrogens with one attached hydrogen (secondary N) is 2. The number of benzene rings is 1. The van der Waals surface area contributed by atoms with Crippen LogP contribution in [0.25, 0.3) is 0 Å². The quantitative estimate of drug-likeness (QED) is 0.355. The number of thiophene rings is 1. The fourth-order valence-corrected chi connectivity index (χ4v) is 4.18. The fraction of sp³-hybridized carbons (Fsp3) is 0.263. The summed E-state index contributed by atoms with van der Waals surface area (Å²) >= 11 is 1.28. The van der Waals surface area contributed by atoms with E-state index in [-0.39, 0.29) is 5.82 Å². The molecule has 0 fully saturated rings. The van der Waals surface area contributed by atoms with E-state index in [0.29, 0.717) is 21.8 Å². The predicted octanol–water partition coefficient (Wildman–Crippen LogP) is 2.64. The third-order valence-electron chi connectivity index (χ3n) is 4.33. The van der Waals surface area contributed by atoms with E-state index < -0.39 is 17.8 Å². The number of hydrazone groups is 1. The Labute approximate surface area is 164 Å². The van der Waals surface area contributed by atoms with Crippen molar-refractivity contribution in [1.82, 2.24) is 5.43 Å². The van der Waals surface area contributed by atoms with Gasteiger partial charge >= 0.3 is 17.8 Å². The molecule has 0 saturated carbocycles. The Balaban J connectivity index is 1.70. The summed E-state index contributed by atoms with van der Waals surface area (Å²) in [7, 11) is 1.27. The molecule has 2 N–H and O–H groups in total. The minimum atomic E-state index is -0.981. The highest BCUT2D eigenvalue weighted by Gasteiger charge is 2.29. The van der Waals surface area contributed by atoms with Crippen molar-refractivity contribution in [1.29, 1.82) is 0 Å². The molecule has 1 heterocycles. The van der Waals surface area contributed by atoms with Crippen molar-refractivity contribution in [3.63, 3.8) is 0 Å². The van der Waals surface area contributed by atoms with Crippen molar-refractivity contribution in [2.75, 3.05) is 12.4 Å². The van der Waals surface area contributed by atoms with Crippen LogP contribution in [0.1, 0.15) is 39.7 Å². The first-order chi connectivity index (χ1) is 13.4. The van der Waals surface area contributed by atoms with Gasteiger partial charge in [-0.2, -0.15) is 5.10 Å². The van der Waals surface area contributed by atoms with Crippen LogP contribution in [0.4, 0.5) is 9.39 Å². The monoisotopic (exact) mass is 403 g/mol. The number of methoxy groups -OCH3 is 1. The van der Waals surface area contributed by atoms with E-state index in [4.69, 9.17) is 4.74 Å². The van der Waals surface area contributed by atoms with Gasteiger partial charge in [-0.25, -0.2) is 14.6 Å². The van der Waals surface area contributed by atoms with Crippen molar-refractivity contribution < 1.29 is 23.5 Å². The average molecular weight is 403 g/mol. The number of carbonyl (C=O) groups excluding carboxylic acids is 3. The first-order valence-corrected chi connectivity index (χ1v) is 9.36. The highest BCUT2D eigenvalue weighted by atomic mass is 32.1. The zero-order valence-electron chi connectivity index (χ0n) is 15.3. The number of halogens is 1. The molecule has 0 radical (unpaired) electrons. The van der Waals surface area contributed by atoms with Crippen LogP contribution in [0.5, 0.6) is 0 Å². The number of ether oxygens (including phenoxy) is 1. The van der Waals surface area contributed by atoms with Crippen molar-refractivity contribution >= 4 is 39.8 Å². The molecule has 2 amide bonds. The summed E-state index contributed by atoms with van der Waals surface area (Å²) in [5, 5.41) is 6.63. The van der Waals surface area contributed by atoms with E-state index in [1.165, 1.54) is 42.7 Å². The molecular weight excluding hydrogens is 385 g/mol. The molecule has 2 aromatic rings. The fourth-order valence-electron chi connectivity index (χ4n) is 2.91. The SMILES string of the molecule is COC(=O)c1c(NC(=O)C(=O)NN=C(C)c2ccc(F)cc2)sc2c1CCC2. The first-order valence-electron chi connectivity index (χ1n) is 8.55. The van der Waals surface area contributed by atoms with E-state index >= 15 is 0 Å². The molecule has 0 aliphatic heterocycles. The average Bonchev–Trinajstić information content (AvgIpc) is 3.26. The van der Waals surface area contributed by atoms with Gasteiger partial charge < -0.3 is 10.1 Å². The molecule has 7 nitrogen and oxygen atoms in total. The standard InChI is InChI=1S/C19H18FN3O4S/c1-10(11-6-8-12(20)9-7-11)22-23-17(25)16(24)21-18-15(19(26)27-2)13-4-3-5-14(13)28-18/h6-9H,3-5H2,1-2H3,(H,21,24)(H,23,25). The summed E-state index contributed by atoms with van der Waals surface area (Å²) in [5.41, 5.74) is 4.35. The lowest BCUT2D eigenvalue weighted by Crippen LogP contribution is -2.33. The van der Waals surface area contributed by atoms with Gasteiger partial charge in [-0.3, -0.25) is 9.59 Å². The number of carbonyl (C=O) groups is 3. The van der Waals surface area contributed by atoms with Crippen LogP contribution in [0, 0.1) is 5.82 Å². The lowest BCUT2D eigenvalue weighted by Gasteiger charge is -2.06. The molecule has 3 rings (SSSR count). The van der Waals surface area contributed by atoms with Gasteiger partial charge in [0.2, 0.25) is 0 Å². The van der Waals surface area contributed by atoms with Crippen molar-refractivity contribution in [3.05, 3.63) is 51.7 Å². The largest absolute Gasteiger partial charge is 0.465 e. The van der Waals surface area contributed by atoms with Crippen LogP contribution in [0.2, 0.25) is 0 Å². The van der Waals surface area contributed by atoms with E-state index in [9.17, 15) is 18.8 Å². The maximum absolute atomic E-state index is 13.0. The van der Waals surface area contributed by atoms with E-state index in [1.807, 2.05) is 0 Å². The van der Waals surface area contributed by atoms with Gasteiger partial charge in [0, 0.05) is 4.88 Å². The highest BCUT2D eigenvalue weighted by molar-refractivity contribution is 7.17. The van der Waals surface area contributed by atoms with Crippen LogP contribution < -0.4 is 10.7 Å². The molecule has 0 unspecified atom stereocenters. The number of fused-ring (bicyclic) bond motifs is 1. The smallest absolute Gasteiger partial charge is 0.341 e. The first kappa shape index (κ1) is 19.7. The molecule has 0 saturated heterocycles. The Hall–Kier alpha value is -3.07. The molecule has 0 spiro atoms. The van der Waals surface area contributed by atoms with Gasteiger partial charge in [-0.15, -0.1) is 11.3 Å². The van der Waals surface area contributed by atoms with Gasteiger partial charge in [0.25, 0.3) is 0 Å². The van der Waals surface area contributed by atoms with E-state index in [0.717, 1.165) is 29.7 Å². The lowest BCUT2D eigenvalue weighted by molar-refractivity contribution is -0.136. The minimum Gasteiger partial charge on any atom is -0.465 e. The molecule has 146 valence electrons. The minimum absolute atomic E-state index is 0.302. The lowest BCUT2D eigenvalue weighted by atomic mass is 10.1. The molecular formula is C19H18FN3O4S. The third kappa shape index (κ3) is 4.09. The summed E-state index contributed by atoms with van der Waals surface area (Å²) in [6.07, 6.45) is 2.50. The zero-order chi connectivity index (χ0) is 20.3. The van der Waals surface area contributed by atoms with Crippen molar-refractivity contribution in [3.8, 4) is 0 Å². The van der Waals surface area contributed by atoms with Gasteiger partial charge in [-0.1, -0.05) is 12.1 Å². The van der Waals surface area contributed by atoms with Crippen LogP contribution in [0.3, 0.4) is 0 Å². The summed E-state index contributed by atoms with van der Waals surface area (Å²) in [6.45, 7) is 1.62. The Morgan fingerprint density at radius 1 is 1.14 bits per heavy atom. The normalized spacial score (nSPS) is 13.0. The third-order valence-corrected chi connectivity index (χ3v) is 5.54. The second kappa shape index (κ2) is 8.30. The molecule has 1 aliphatic rings. The number of nitrogens with zero attached hydrogens (tertiary/aromatic N) is 1. The van der Waals surface area contributed by atoms with Crippen LogP contribution in [-0.2, 0) is 27.2 Å². The van der Waals surface area contributed by atoms with Crippen LogP contribution in [0.15, 0.2) is 29.4 Å². The molecule has 9 heteroatoms. The maximum atomic E-state index is 13.0. The topological polar surface area (TPSA) is 96.9 Å². The van der Waals surface area contributed by atoms with Gasteiger partial charge in [0.05, 0.1) is 18.4 Å². The molecule has 1 aromatic carbocycles. The number of hydrogen-bond donors (Lipinski definition) is 2. The molecule has 0 atom stereocenters. The highest BCUT2D eigenvalue weighted by Crippen LogP contribution is 2.39. The zero-order valence-corrected chi connectivity index (χ0v) is 16.1. The Morgan fingerprint density at radius 2 is 1.86 bits per heavy atom. The summed E-state index contributed by atoms with van der Waals surface area (Å²) in [4.78, 5) is 37.4. The Bertz CT molecular complexity index is 966. The number of rotatable bonds is 4. The Kier molecular flexibility index (Phi) is 5.84. The number of hydrogen-bond acceptors (Lipinski definition) is 6. The van der Waals surface area contributed by atoms with E-state index in [2.05, 4.69) is 15.8 Å². The second-order valence-corrected chi connectivity index (χ2v) is 7.26. The molecule has 1 aromatic heterocycles. The Morgan fingerprint density at radius 3 is 2.54 bits per heavy atom. The summed E-state index contributed by atoms with van der Waals surface area (Å²) < 4.78 is 17.8. The predicted molar refractivity (Wildman–Crippen MR) is 103 cm³/mol. The molecule has 0 bridgehead atoms. The molecule has 1 aliphatic carbocycles. The van der Waals surface area contributed by atoms with Gasteiger partial charge in [-0.05, 0) is 49.4 Å².